The highest BCUT2D eigenvalue weighted by Gasteiger charge is 2.05. The van der Waals surface area contributed by atoms with Gasteiger partial charge in [-0.05, 0) is 6.26 Å². The summed E-state index contributed by atoms with van der Waals surface area (Å²) in [6.07, 6.45) is 4.38. The smallest absolute Gasteiger partial charge is 0.305 e. The van der Waals surface area contributed by atoms with Gasteiger partial charge in [-0.3, -0.25) is 10.1 Å². The highest BCUT2D eigenvalue weighted by Crippen LogP contribution is 2.07. The van der Waals surface area contributed by atoms with Crippen molar-refractivity contribution in [3.05, 3.63) is 22.5 Å². The minimum absolute atomic E-state index is 0.0968. The molecule has 0 aliphatic carbocycles. The van der Waals surface area contributed by atoms with E-state index in [4.69, 9.17) is 0 Å². The molecule has 76 valence electrons. The molecule has 0 unspecified atom stereocenters. The average Bonchev–Trinajstić information content (AvgIpc) is 2.19. The first-order chi connectivity index (χ1) is 6.74. The Labute approximate surface area is 85.3 Å². The molecule has 1 N–H and O–H groups in total. The van der Waals surface area contributed by atoms with Gasteiger partial charge in [0.15, 0.2) is 0 Å². The van der Waals surface area contributed by atoms with Gasteiger partial charge < -0.3 is 5.32 Å². The zero-order valence-corrected chi connectivity index (χ0v) is 8.45. The van der Waals surface area contributed by atoms with E-state index in [-0.39, 0.29) is 5.69 Å². The van der Waals surface area contributed by atoms with Gasteiger partial charge in [0.2, 0.25) is 5.95 Å². The van der Waals surface area contributed by atoms with Crippen molar-refractivity contribution < 1.29 is 4.92 Å². The lowest BCUT2D eigenvalue weighted by molar-refractivity contribution is -0.385. The van der Waals surface area contributed by atoms with Gasteiger partial charge in [0.05, 0.1) is 4.92 Å². The third-order valence-corrected chi connectivity index (χ3v) is 2.05. The number of nitrogens with one attached hydrogen (secondary N) is 1. The number of aromatic nitrogens is 2. The minimum Gasteiger partial charge on any atom is -0.353 e. The van der Waals surface area contributed by atoms with Gasteiger partial charge in [0, 0.05) is 12.3 Å². The maximum Gasteiger partial charge on any atom is 0.305 e. The first-order valence-corrected chi connectivity index (χ1v) is 5.32. The molecule has 1 aromatic heterocycles. The number of hydrogen-bond donors (Lipinski definition) is 1. The van der Waals surface area contributed by atoms with Gasteiger partial charge in [-0.1, -0.05) is 0 Å². The van der Waals surface area contributed by atoms with Crippen molar-refractivity contribution in [2.24, 2.45) is 0 Å². The van der Waals surface area contributed by atoms with E-state index in [1.54, 1.807) is 11.8 Å². The number of rotatable bonds is 5. The third-order valence-electron chi connectivity index (χ3n) is 1.44. The minimum atomic E-state index is -0.522. The third kappa shape index (κ3) is 3.17. The number of nitrogens with zero attached hydrogens (tertiary/aromatic N) is 3. The molecule has 0 saturated heterocycles. The summed E-state index contributed by atoms with van der Waals surface area (Å²) in [4.78, 5) is 17.3. The monoisotopic (exact) mass is 214 g/mol. The molecule has 0 bridgehead atoms. The lowest BCUT2D eigenvalue weighted by Gasteiger charge is -2.01. The van der Waals surface area contributed by atoms with Crippen LogP contribution >= 0.6 is 11.8 Å². The zero-order valence-electron chi connectivity index (χ0n) is 7.64. The Bertz CT molecular complexity index is 303. The van der Waals surface area contributed by atoms with E-state index >= 15 is 0 Å². The standard InChI is InChI=1S/C7H10N4O2S/c1-14-3-2-8-7-9-4-6(5-10-7)11(12)13/h4-5H,2-3H2,1H3,(H,8,9,10). The molecule has 0 spiro atoms. The van der Waals surface area contributed by atoms with Crippen LogP contribution < -0.4 is 5.32 Å². The summed E-state index contributed by atoms with van der Waals surface area (Å²) >= 11 is 1.70. The van der Waals surface area contributed by atoms with E-state index in [2.05, 4.69) is 15.3 Å². The van der Waals surface area contributed by atoms with E-state index in [9.17, 15) is 10.1 Å². The maximum atomic E-state index is 10.3. The van der Waals surface area contributed by atoms with Gasteiger partial charge in [0.1, 0.15) is 12.4 Å². The molecule has 1 heterocycles. The fourth-order valence-electron chi connectivity index (χ4n) is 0.772. The molecule has 1 aromatic rings. The summed E-state index contributed by atoms with van der Waals surface area (Å²) in [5.41, 5.74) is -0.0968. The van der Waals surface area contributed by atoms with Crippen LogP contribution in [0.15, 0.2) is 12.4 Å². The van der Waals surface area contributed by atoms with Crippen LogP contribution in [0.25, 0.3) is 0 Å². The average molecular weight is 214 g/mol. The predicted molar refractivity (Wildman–Crippen MR) is 55.6 cm³/mol. The fourth-order valence-corrected chi connectivity index (χ4v) is 1.08. The number of nitro groups is 1. The molecule has 6 nitrogen and oxygen atoms in total. The summed E-state index contributed by atoms with van der Waals surface area (Å²) in [6.45, 7) is 0.749. The second-order valence-electron chi connectivity index (χ2n) is 2.44. The Balaban J connectivity index is 2.51. The zero-order chi connectivity index (χ0) is 10.4. The number of thioether (sulfide) groups is 1. The highest BCUT2D eigenvalue weighted by atomic mass is 32.2. The maximum absolute atomic E-state index is 10.3. The molecule has 0 aliphatic rings. The van der Waals surface area contributed by atoms with Gasteiger partial charge in [-0.15, -0.1) is 0 Å². The van der Waals surface area contributed by atoms with Crippen molar-refractivity contribution in [3.8, 4) is 0 Å². The summed E-state index contributed by atoms with van der Waals surface area (Å²) in [5, 5.41) is 13.2. The Kier molecular flexibility index (Phi) is 4.11. The second kappa shape index (κ2) is 5.38. The predicted octanol–water partition coefficient (Wildman–Crippen LogP) is 1.16. The van der Waals surface area contributed by atoms with Crippen LogP contribution in [0.3, 0.4) is 0 Å². The molecule has 0 amide bonds. The molecule has 1 rings (SSSR count). The number of hydrogen-bond acceptors (Lipinski definition) is 6. The molecule has 0 aliphatic heterocycles. The van der Waals surface area contributed by atoms with Crippen LogP contribution in [0, 0.1) is 10.1 Å². The Morgan fingerprint density at radius 1 is 1.57 bits per heavy atom. The first kappa shape index (κ1) is 10.7. The fraction of sp³-hybridized carbons (Fsp3) is 0.429. The quantitative estimate of drug-likeness (QED) is 0.450. The number of anilines is 1. The first-order valence-electron chi connectivity index (χ1n) is 3.93. The lowest BCUT2D eigenvalue weighted by atomic mass is 10.5. The topological polar surface area (TPSA) is 81.0 Å². The summed E-state index contributed by atoms with van der Waals surface area (Å²) < 4.78 is 0. The molecule has 7 heteroatoms. The van der Waals surface area contributed by atoms with Gasteiger partial charge in [0.25, 0.3) is 0 Å². The van der Waals surface area contributed by atoms with Gasteiger partial charge in [-0.2, -0.15) is 11.8 Å². The Morgan fingerprint density at radius 2 is 2.21 bits per heavy atom. The van der Waals surface area contributed by atoms with E-state index in [0.29, 0.717) is 5.95 Å². The Morgan fingerprint density at radius 3 is 2.71 bits per heavy atom. The van der Waals surface area contributed by atoms with Crippen molar-refractivity contribution in [2.45, 2.75) is 0 Å². The van der Waals surface area contributed by atoms with Crippen LogP contribution in [-0.2, 0) is 0 Å². The molecular weight excluding hydrogens is 204 g/mol. The SMILES string of the molecule is CSCCNc1ncc([N+](=O)[O-])cn1. The molecular formula is C7H10N4O2S. The van der Waals surface area contributed by atoms with Crippen molar-refractivity contribution in [3.63, 3.8) is 0 Å². The summed E-state index contributed by atoms with van der Waals surface area (Å²) in [6, 6.07) is 0. The largest absolute Gasteiger partial charge is 0.353 e. The van der Waals surface area contributed by atoms with Crippen LogP contribution in [0.2, 0.25) is 0 Å². The highest BCUT2D eigenvalue weighted by molar-refractivity contribution is 7.98. The van der Waals surface area contributed by atoms with Gasteiger partial charge in [-0.25, -0.2) is 9.97 Å². The molecule has 0 atom stereocenters. The molecule has 14 heavy (non-hydrogen) atoms. The summed E-state index contributed by atoms with van der Waals surface area (Å²) in [5.74, 6) is 1.37. The van der Waals surface area contributed by atoms with Crippen LogP contribution in [0.1, 0.15) is 0 Å². The van der Waals surface area contributed by atoms with E-state index in [1.165, 1.54) is 12.4 Å². The molecule has 0 saturated carbocycles. The van der Waals surface area contributed by atoms with Crippen molar-refractivity contribution in [1.29, 1.82) is 0 Å². The second-order valence-corrected chi connectivity index (χ2v) is 3.43. The Hall–Kier alpha value is -1.37. The van der Waals surface area contributed by atoms with Crippen LogP contribution in [0.4, 0.5) is 11.6 Å². The lowest BCUT2D eigenvalue weighted by Crippen LogP contribution is -2.07. The van der Waals surface area contributed by atoms with Crippen molar-refractivity contribution in [1.82, 2.24) is 9.97 Å². The van der Waals surface area contributed by atoms with Crippen molar-refractivity contribution >= 4 is 23.4 Å². The van der Waals surface area contributed by atoms with Gasteiger partial charge >= 0.3 is 5.69 Å². The molecule has 0 radical (unpaired) electrons. The summed E-state index contributed by atoms with van der Waals surface area (Å²) in [7, 11) is 0. The van der Waals surface area contributed by atoms with E-state index in [0.717, 1.165) is 12.3 Å². The van der Waals surface area contributed by atoms with Crippen LogP contribution in [0.5, 0.6) is 0 Å². The van der Waals surface area contributed by atoms with E-state index in [1.807, 2.05) is 6.26 Å². The van der Waals surface area contributed by atoms with E-state index < -0.39 is 4.92 Å². The normalized spacial score (nSPS) is 9.79. The molecule has 0 fully saturated rings. The molecule has 0 aromatic carbocycles. The van der Waals surface area contributed by atoms with Crippen molar-refractivity contribution in [2.75, 3.05) is 23.9 Å². The van der Waals surface area contributed by atoms with Crippen LogP contribution in [-0.4, -0.2) is 33.4 Å².